The highest BCUT2D eigenvalue weighted by molar-refractivity contribution is 6.01. The number of hydrogen-bond acceptors (Lipinski definition) is 1. The summed E-state index contributed by atoms with van der Waals surface area (Å²) in [6.45, 7) is 8.30. The summed E-state index contributed by atoms with van der Waals surface area (Å²) in [7, 11) is 0. The van der Waals surface area contributed by atoms with Crippen LogP contribution in [0.4, 0.5) is 0 Å². The minimum absolute atomic E-state index is 0.691. The zero-order valence-electron chi connectivity index (χ0n) is 15.0. The second-order valence-corrected chi connectivity index (χ2v) is 7.18. The van der Waals surface area contributed by atoms with Crippen molar-refractivity contribution in [3.05, 3.63) is 52.7 Å². The molecule has 0 atom stereocenters. The summed E-state index contributed by atoms with van der Waals surface area (Å²) >= 11 is 0. The van der Waals surface area contributed by atoms with Crippen molar-refractivity contribution < 1.29 is 0 Å². The molecule has 1 saturated carbocycles. The number of allylic oxidation sites excluding steroid dienone is 3. The molecule has 24 heavy (non-hydrogen) atoms. The summed E-state index contributed by atoms with van der Waals surface area (Å²) in [5.74, 6) is 3.55. The summed E-state index contributed by atoms with van der Waals surface area (Å²) < 4.78 is 0. The Kier molecular flexibility index (Phi) is 5.05. The van der Waals surface area contributed by atoms with E-state index in [0.717, 1.165) is 35.4 Å². The highest BCUT2D eigenvalue weighted by atomic mass is 14.8. The van der Waals surface area contributed by atoms with E-state index < -0.39 is 0 Å². The van der Waals surface area contributed by atoms with Crippen LogP contribution in [0.25, 0.3) is 5.57 Å². The minimum Gasteiger partial charge on any atom is -0.257 e. The van der Waals surface area contributed by atoms with Crippen molar-refractivity contribution in [3.63, 3.8) is 0 Å². The molecule has 2 aliphatic rings. The molecule has 124 valence electrons. The van der Waals surface area contributed by atoms with Gasteiger partial charge in [0.15, 0.2) is 0 Å². The molecule has 0 N–H and O–H groups in total. The van der Waals surface area contributed by atoms with Gasteiger partial charge in [0.1, 0.15) is 0 Å². The first-order chi connectivity index (χ1) is 11.6. The third-order valence-electron chi connectivity index (χ3n) is 5.40. The smallest absolute Gasteiger partial charge is 0.0522 e. The Labute approximate surface area is 146 Å². The van der Waals surface area contributed by atoms with Gasteiger partial charge in [0.25, 0.3) is 0 Å². The first-order valence-electron chi connectivity index (χ1n) is 9.14. The number of benzene rings is 1. The quantitative estimate of drug-likeness (QED) is 0.459. The van der Waals surface area contributed by atoms with Crippen molar-refractivity contribution in [2.45, 2.75) is 64.7 Å². The second-order valence-electron chi connectivity index (χ2n) is 7.18. The first kappa shape index (κ1) is 16.8. The van der Waals surface area contributed by atoms with Gasteiger partial charge < -0.3 is 0 Å². The maximum atomic E-state index is 5.69. The molecule has 0 aromatic heterocycles. The Morgan fingerprint density at radius 1 is 1.17 bits per heavy atom. The molecule has 2 aliphatic carbocycles. The van der Waals surface area contributed by atoms with Gasteiger partial charge in [-0.2, -0.15) is 0 Å². The number of rotatable bonds is 4. The molecule has 0 saturated heterocycles. The Morgan fingerprint density at radius 3 is 2.54 bits per heavy atom. The van der Waals surface area contributed by atoms with Crippen molar-refractivity contribution in [1.29, 1.82) is 0 Å². The fourth-order valence-corrected chi connectivity index (χ4v) is 3.64. The van der Waals surface area contributed by atoms with Gasteiger partial charge in [-0.25, -0.2) is 0 Å². The van der Waals surface area contributed by atoms with E-state index in [4.69, 9.17) is 11.4 Å². The number of nitrogens with zero attached hydrogens (tertiary/aromatic N) is 1. The molecule has 1 nitrogen and oxygen atoms in total. The van der Waals surface area contributed by atoms with Crippen molar-refractivity contribution in [3.8, 4) is 12.3 Å². The average Bonchev–Trinajstić information content (AvgIpc) is 2.53. The number of hydrogen-bond donors (Lipinski definition) is 0. The summed E-state index contributed by atoms with van der Waals surface area (Å²) in [6.07, 6.45) is 14.0. The van der Waals surface area contributed by atoms with Gasteiger partial charge in [0, 0.05) is 11.3 Å². The molecular weight excluding hydrogens is 290 g/mol. The van der Waals surface area contributed by atoms with E-state index in [-0.39, 0.29) is 0 Å². The van der Waals surface area contributed by atoms with Crippen LogP contribution in [0.3, 0.4) is 0 Å². The summed E-state index contributed by atoms with van der Waals surface area (Å²) in [4.78, 5) is 4.98. The SMILES string of the molecule is C#CC1=C(/N=C(\C)c2cc(C(=C)C)ccc2C2CCC2)CCCC1. The molecule has 1 fully saturated rings. The van der Waals surface area contributed by atoms with Crippen LogP contribution in [0.5, 0.6) is 0 Å². The average molecular weight is 317 g/mol. The van der Waals surface area contributed by atoms with Gasteiger partial charge in [-0.3, -0.25) is 4.99 Å². The Morgan fingerprint density at radius 2 is 1.92 bits per heavy atom. The Balaban J connectivity index is 2.04. The van der Waals surface area contributed by atoms with E-state index >= 15 is 0 Å². The molecule has 0 spiro atoms. The fourth-order valence-electron chi connectivity index (χ4n) is 3.64. The predicted molar refractivity (Wildman–Crippen MR) is 104 cm³/mol. The lowest BCUT2D eigenvalue weighted by Crippen LogP contribution is -2.14. The van der Waals surface area contributed by atoms with Crippen LogP contribution in [0.1, 0.15) is 81.4 Å². The number of aliphatic imine (C=N–C) groups is 1. The van der Waals surface area contributed by atoms with E-state index in [1.54, 1.807) is 0 Å². The van der Waals surface area contributed by atoms with Gasteiger partial charge in [-0.05, 0) is 81.0 Å². The summed E-state index contributed by atoms with van der Waals surface area (Å²) in [6, 6.07) is 6.77. The molecule has 0 unspecified atom stereocenters. The van der Waals surface area contributed by atoms with E-state index in [9.17, 15) is 0 Å². The molecule has 1 heteroatoms. The van der Waals surface area contributed by atoms with E-state index in [1.807, 2.05) is 0 Å². The maximum Gasteiger partial charge on any atom is 0.0522 e. The third-order valence-corrected chi connectivity index (χ3v) is 5.40. The molecule has 0 aliphatic heterocycles. The molecule has 1 aromatic carbocycles. The van der Waals surface area contributed by atoms with Gasteiger partial charge >= 0.3 is 0 Å². The molecule has 3 rings (SSSR count). The monoisotopic (exact) mass is 317 g/mol. The van der Waals surface area contributed by atoms with Crippen LogP contribution in [-0.2, 0) is 0 Å². The zero-order chi connectivity index (χ0) is 17.1. The normalized spacial score (nSPS) is 19.0. The van der Waals surface area contributed by atoms with Gasteiger partial charge in [-0.1, -0.05) is 36.6 Å². The van der Waals surface area contributed by atoms with Crippen LogP contribution in [0.2, 0.25) is 0 Å². The standard InChI is InChI=1S/C23H27N/c1-5-18-9-6-7-12-23(18)24-17(4)22-15-20(16(2)3)13-14-21(22)19-10-8-11-19/h1,13-15,19H,2,6-12H2,3-4H3/b24-17+. The van der Waals surface area contributed by atoms with Crippen LogP contribution in [-0.4, -0.2) is 5.71 Å². The van der Waals surface area contributed by atoms with Gasteiger partial charge in [-0.15, -0.1) is 6.42 Å². The lowest BCUT2D eigenvalue weighted by atomic mass is 9.77. The second kappa shape index (κ2) is 7.22. The highest BCUT2D eigenvalue weighted by Crippen LogP contribution is 2.39. The van der Waals surface area contributed by atoms with Crippen LogP contribution in [0.15, 0.2) is 41.0 Å². The lowest BCUT2D eigenvalue weighted by molar-refractivity contribution is 0.419. The third kappa shape index (κ3) is 3.39. The predicted octanol–water partition coefficient (Wildman–Crippen LogP) is 6.26. The largest absolute Gasteiger partial charge is 0.257 e. The highest BCUT2D eigenvalue weighted by Gasteiger charge is 2.23. The van der Waals surface area contributed by atoms with Crippen molar-refractivity contribution >= 4 is 11.3 Å². The molecule has 0 radical (unpaired) electrons. The Hall–Kier alpha value is -2.07. The molecule has 0 bridgehead atoms. The topological polar surface area (TPSA) is 12.4 Å². The van der Waals surface area contributed by atoms with Gasteiger partial charge in [0.2, 0.25) is 0 Å². The molecule has 0 heterocycles. The minimum atomic E-state index is 0.691. The lowest BCUT2D eigenvalue weighted by Gasteiger charge is -2.28. The number of terminal acetylenes is 1. The molecule has 1 aromatic rings. The van der Waals surface area contributed by atoms with Crippen molar-refractivity contribution in [2.24, 2.45) is 4.99 Å². The van der Waals surface area contributed by atoms with E-state index in [2.05, 4.69) is 44.5 Å². The van der Waals surface area contributed by atoms with Crippen LogP contribution < -0.4 is 0 Å². The van der Waals surface area contributed by atoms with E-state index in [0.29, 0.717) is 5.92 Å². The first-order valence-corrected chi connectivity index (χ1v) is 9.14. The summed E-state index contributed by atoms with van der Waals surface area (Å²) in [5.41, 5.74) is 8.37. The van der Waals surface area contributed by atoms with Crippen molar-refractivity contribution in [1.82, 2.24) is 0 Å². The molecular formula is C23H27N. The summed E-state index contributed by atoms with van der Waals surface area (Å²) in [5, 5.41) is 0. The van der Waals surface area contributed by atoms with Crippen LogP contribution in [0, 0.1) is 12.3 Å². The van der Waals surface area contributed by atoms with Crippen molar-refractivity contribution in [2.75, 3.05) is 0 Å². The van der Waals surface area contributed by atoms with E-state index in [1.165, 1.54) is 48.8 Å². The Bertz CT molecular complexity index is 751. The maximum absolute atomic E-state index is 5.69. The molecule has 0 amide bonds. The van der Waals surface area contributed by atoms with Crippen LogP contribution >= 0.6 is 0 Å². The van der Waals surface area contributed by atoms with Gasteiger partial charge in [0.05, 0.1) is 5.70 Å². The zero-order valence-corrected chi connectivity index (χ0v) is 15.0. The fraction of sp³-hybridized carbons (Fsp3) is 0.435.